The second-order valence-corrected chi connectivity index (χ2v) is 8.18. The average Bonchev–Trinajstić information content (AvgIpc) is 3.29. The van der Waals surface area contributed by atoms with E-state index in [0.29, 0.717) is 6.61 Å². The zero-order chi connectivity index (χ0) is 18.3. The monoisotopic (exact) mass is 376 g/mol. The summed E-state index contributed by atoms with van der Waals surface area (Å²) in [6.45, 7) is 2.12. The number of hydrogen-bond acceptors (Lipinski definition) is 4. The van der Waals surface area contributed by atoms with Crippen LogP contribution in [0, 0.1) is 0 Å². The van der Waals surface area contributed by atoms with Crippen molar-refractivity contribution in [1.82, 2.24) is 9.88 Å². The lowest BCUT2D eigenvalue weighted by Crippen LogP contribution is -2.44. The van der Waals surface area contributed by atoms with E-state index in [1.165, 1.54) is 11.1 Å². The maximum atomic E-state index is 12.6. The Morgan fingerprint density at radius 2 is 1.89 bits per heavy atom. The minimum Gasteiger partial charge on any atom is -0.365 e. The van der Waals surface area contributed by atoms with Gasteiger partial charge in [-0.3, -0.25) is 4.79 Å². The van der Waals surface area contributed by atoms with E-state index in [1.807, 2.05) is 29.2 Å². The summed E-state index contributed by atoms with van der Waals surface area (Å²) in [5.74, 6) is 0.0513. The van der Waals surface area contributed by atoms with E-state index < -0.39 is 0 Å². The first-order valence-corrected chi connectivity index (χ1v) is 10.1. The molecule has 5 heteroatoms. The van der Waals surface area contributed by atoms with Crippen molar-refractivity contribution in [2.24, 2.45) is 0 Å². The van der Waals surface area contributed by atoms with E-state index in [4.69, 9.17) is 4.74 Å². The summed E-state index contributed by atoms with van der Waals surface area (Å²) in [5, 5.41) is 0.867. The highest BCUT2D eigenvalue weighted by molar-refractivity contribution is 7.19. The Bertz CT molecular complexity index is 998. The Morgan fingerprint density at radius 3 is 2.74 bits per heavy atom. The number of carbonyl (C=O) groups is 1. The smallest absolute Gasteiger partial charge is 0.246 e. The highest BCUT2D eigenvalue weighted by Gasteiger charge is 2.42. The van der Waals surface area contributed by atoms with Gasteiger partial charge in [-0.1, -0.05) is 36.4 Å². The van der Waals surface area contributed by atoms with Gasteiger partial charge in [0.1, 0.15) is 5.01 Å². The number of para-hydroxylation sites is 1. The second kappa shape index (κ2) is 6.59. The standard InChI is InChI=1S/C22H20N2O2S/c25-21(10-9-20-23-18-7-3-4-8-19(18)27-20)24-13-11-22(12-14-24)17-6-2-1-5-16(17)15-26-22/h1-10H,11-15H2/b10-9+. The number of likely N-dealkylation sites (tertiary alicyclic amines) is 1. The first-order chi connectivity index (χ1) is 13.2. The molecule has 0 atom stereocenters. The number of ether oxygens (including phenoxy) is 1. The molecule has 0 radical (unpaired) electrons. The molecule has 5 rings (SSSR count). The van der Waals surface area contributed by atoms with Crippen molar-refractivity contribution in [3.05, 3.63) is 70.7 Å². The fraction of sp³-hybridized carbons (Fsp3) is 0.273. The SMILES string of the molecule is O=C(/C=C/c1nc2ccccc2s1)N1CCC2(CC1)OCc1ccccc12. The molecule has 2 aliphatic heterocycles. The summed E-state index contributed by atoms with van der Waals surface area (Å²) in [6.07, 6.45) is 5.19. The van der Waals surface area contributed by atoms with Crippen LogP contribution in [0.2, 0.25) is 0 Å². The van der Waals surface area contributed by atoms with Gasteiger partial charge in [0, 0.05) is 19.2 Å². The number of piperidine rings is 1. The predicted molar refractivity (Wildman–Crippen MR) is 107 cm³/mol. The summed E-state index contributed by atoms with van der Waals surface area (Å²) in [5.41, 5.74) is 3.37. The molecule has 27 heavy (non-hydrogen) atoms. The molecule has 1 amide bonds. The summed E-state index contributed by atoms with van der Waals surface area (Å²) < 4.78 is 7.32. The number of rotatable bonds is 2. The van der Waals surface area contributed by atoms with Crippen LogP contribution in [0.25, 0.3) is 16.3 Å². The molecule has 2 aliphatic rings. The van der Waals surface area contributed by atoms with Gasteiger partial charge in [-0.15, -0.1) is 11.3 Å². The largest absolute Gasteiger partial charge is 0.365 e. The van der Waals surface area contributed by atoms with Crippen LogP contribution in [-0.4, -0.2) is 28.9 Å². The van der Waals surface area contributed by atoms with Crippen LogP contribution in [0.15, 0.2) is 54.6 Å². The molecule has 0 N–H and O–H groups in total. The molecule has 0 bridgehead atoms. The normalized spacial score (nSPS) is 18.4. The van der Waals surface area contributed by atoms with E-state index >= 15 is 0 Å². The summed E-state index contributed by atoms with van der Waals surface area (Å²) in [4.78, 5) is 19.1. The van der Waals surface area contributed by atoms with Crippen LogP contribution in [0.3, 0.4) is 0 Å². The zero-order valence-corrected chi connectivity index (χ0v) is 15.7. The van der Waals surface area contributed by atoms with Gasteiger partial charge >= 0.3 is 0 Å². The van der Waals surface area contributed by atoms with Crippen LogP contribution in [-0.2, 0) is 21.7 Å². The molecular formula is C22H20N2O2S. The van der Waals surface area contributed by atoms with Crippen molar-refractivity contribution in [3.8, 4) is 0 Å². The van der Waals surface area contributed by atoms with Gasteiger partial charge in [0.15, 0.2) is 0 Å². The first-order valence-electron chi connectivity index (χ1n) is 9.28. The van der Waals surface area contributed by atoms with Gasteiger partial charge in [0.05, 0.1) is 22.4 Å². The van der Waals surface area contributed by atoms with Crippen molar-refractivity contribution >= 4 is 33.5 Å². The fourth-order valence-electron chi connectivity index (χ4n) is 4.10. The Balaban J connectivity index is 1.26. The van der Waals surface area contributed by atoms with E-state index in [1.54, 1.807) is 17.4 Å². The first kappa shape index (κ1) is 16.7. The molecule has 0 unspecified atom stereocenters. The lowest BCUT2D eigenvalue weighted by molar-refractivity contribution is -0.133. The Morgan fingerprint density at radius 1 is 1.11 bits per heavy atom. The third-order valence-electron chi connectivity index (χ3n) is 5.57. The zero-order valence-electron chi connectivity index (χ0n) is 14.9. The van der Waals surface area contributed by atoms with Crippen molar-refractivity contribution in [2.75, 3.05) is 13.1 Å². The number of benzene rings is 2. The van der Waals surface area contributed by atoms with Crippen LogP contribution in [0.5, 0.6) is 0 Å². The van der Waals surface area contributed by atoms with Gasteiger partial charge in [-0.2, -0.15) is 0 Å². The Labute approximate surface area is 162 Å². The predicted octanol–water partition coefficient (Wildman–Crippen LogP) is 4.36. The van der Waals surface area contributed by atoms with Crippen LogP contribution in [0.1, 0.15) is 29.0 Å². The molecule has 1 spiro atoms. The number of thiazole rings is 1. The molecule has 2 aromatic carbocycles. The van der Waals surface area contributed by atoms with E-state index in [2.05, 4.69) is 35.3 Å². The number of carbonyl (C=O) groups excluding carboxylic acids is 1. The van der Waals surface area contributed by atoms with Gasteiger partial charge < -0.3 is 9.64 Å². The van der Waals surface area contributed by atoms with Crippen LogP contribution >= 0.6 is 11.3 Å². The highest BCUT2D eigenvalue weighted by atomic mass is 32.1. The van der Waals surface area contributed by atoms with Gasteiger partial charge in [0.2, 0.25) is 5.91 Å². The van der Waals surface area contributed by atoms with Gasteiger partial charge in [0.25, 0.3) is 0 Å². The third-order valence-corrected chi connectivity index (χ3v) is 6.58. The minimum absolute atomic E-state index is 0.0513. The molecular weight excluding hydrogens is 356 g/mol. The number of fused-ring (bicyclic) bond motifs is 3. The number of hydrogen-bond donors (Lipinski definition) is 0. The molecule has 0 aliphatic carbocycles. The molecule has 3 heterocycles. The van der Waals surface area contributed by atoms with E-state index in [-0.39, 0.29) is 11.5 Å². The molecule has 1 saturated heterocycles. The Kier molecular flexibility index (Phi) is 4.06. The molecule has 4 nitrogen and oxygen atoms in total. The quantitative estimate of drug-likeness (QED) is 0.624. The van der Waals surface area contributed by atoms with Gasteiger partial charge in [-0.25, -0.2) is 4.98 Å². The minimum atomic E-state index is -0.204. The van der Waals surface area contributed by atoms with Crippen molar-refractivity contribution in [2.45, 2.75) is 25.0 Å². The summed E-state index contributed by atoms with van der Waals surface area (Å²) in [7, 11) is 0. The maximum Gasteiger partial charge on any atom is 0.246 e. The highest BCUT2D eigenvalue weighted by Crippen LogP contribution is 2.43. The maximum absolute atomic E-state index is 12.6. The van der Waals surface area contributed by atoms with Crippen molar-refractivity contribution < 1.29 is 9.53 Å². The van der Waals surface area contributed by atoms with Crippen LogP contribution < -0.4 is 0 Å². The lowest BCUT2D eigenvalue weighted by atomic mass is 9.84. The second-order valence-electron chi connectivity index (χ2n) is 7.12. The third kappa shape index (κ3) is 2.97. The lowest BCUT2D eigenvalue weighted by Gasteiger charge is -2.39. The van der Waals surface area contributed by atoms with E-state index in [9.17, 15) is 4.79 Å². The molecule has 136 valence electrons. The van der Waals surface area contributed by atoms with Crippen molar-refractivity contribution in [3.63, 3.8) is 0 Å². The fourth-order valence-corrected chi connectivity index (χ4v) is 4.97. The number of aromatic nitrogens is 1. The average molecular weight is 376 g/mol. The van der Waals surface area contributed by atoms with Gasteiger partial charge in [-0.05, 0) is 42.2 Å². The molecule has 1 aromatic heterocycles. The summed E-state index contributed by atoms with van der Waals surface area (Å²) >= 11 is 1.60. The van der Waals surface area contributed by atoms with Crippen LogP contribution in [0.4, 0.5) is 0 Å². The summed E-state index contributed by atoms with van der Waals surface area (Å²) in [6, 6.07) is 16.5. The Hall–Kier alpha value is -2.50. The topological polar surface area (TPSA) is 42.4 Å². The molecule has 3 aromatic rings. The number of amides is 1. The molecule has 0 saturated carbocycles. The molecule has 1 fully saturated rings. The number of nitrogens with zero attached hydrogens (tertiary/aromatic N) is 2. The van der Waals surface area contributed by atoms with Crippen molar-refractivity contribution in [1.29, 1.82) is 0 Å². The van der Waals surface area contributed by atoms with E-state index in [0.717, 1.165) is 41.2 Å².